The second kappa shape index (κ2) is 4.70. The fourth-order valence-electron chi connectivity index (χ4n) is 3.26. The minimum Gasteiger partial charge on any atom is -0.449 e. The average molecular weight is 383 g/mol. The van der Waals surface area contributed by atoms with Crippen molar-refractivity contribution >= 4 is 39.5 Å². The Labute approximate surface area is 129 Å². The van der Waals surface area contributed by atoms with Crippen LogP contribution in [0, 0.1) is 3.77 Å². The van der Waals surface area contributed by atoms with Crippen LogP contribution in [0.5, 0.6) is 0 Å². The molecule has 0 spiro atoms. The van der Waals surface area contributed by atoms with E-state index in [4.69, 9.17) is 4.42 Å². The van der Waals surface area contributed by atoms with Crippen molar-refractivity contribution in [3.63, 3.8) is 0 Å². The lowest BCUT2D eigenvalue weighted by atomic mass is 9.95. The lowest BCUT2D eigenvalue weighted by Gasteiger charge is -2.21. The van der Waals surface area contributed by atoms with E-state index in [0.717, 1.165) is 22.0 Å². The highest BCUT2D eigenvalue weighted by Gasteiger charge is 2.39. The molecular formula is C14H14IN3O2. The van der Waals surface area contributed by atoms with Crippen LogP contribution in [0.15, 0.2) is 22.7 Å². The van der Waals surface area contributed by atoms with E-state index in [1.54, 1.807) is 12.3 Å². The number of pyridine rings is 1. The quantitative estimate of drug-likeness (QED) is 0.780. The summed E-state index contributed by atoms with van der Waals surface area (Å²) in [5, 5.41) is 7.54. The molecule has 0 unspecified atom stereocenters. The van der Waals surface area contributed by atoms with Crippen molar-refractivity contribution < 1.29 is 9.21 Å². The van der Waals surface area contributed by atoms with Gasteiger partial charge in [0.2, 0.25) is 0 Å². The SMILES string of the molecule is O=C(N[C@@H]1C[C@H]2CC[C@@H]1N2)c1cc2cc(I)oc2cn1. The van der Waals surface area contributed by atoms with Gasteiger partial charge in [-0.2, -0.15) is 0 Å². The number of aromatic nitrogens is 1. The van der Waals surface area contributed by atoms with Gasteiger partial charge in [0, 0.05) is 23.5 Å². The van der Waals surface area contributed by atoms with Gasteiger partial charge in [0.05, 0.1) is 6.20 Å². The van der Waals surface area contributed by atoms with Crippen LogP contribution in [-0.2, 0) is 0 Å². The van der Waals surface area contributed by atoms with Gasteiger partial charge in [-0.1, -0.05) is 0 Å². The lowest BCUT2D eigenvalue weighted by Crippen LogP contribution is -2.43. The van der Waals surface area contributed by atoms with E-state index in [-0.39, 0.29) is 11.9 Å². The van der Waals surface area contributed by atoms with E-state index in [9.17, 15) is 4.79 Å². The van der Waals surface area contributed by atoms with E-state index in [2.05, 4.69) is 38.2 Å². The van der Waals surface area contributed by atoms with Gasteiger partial charge >= 0.3 is 0 Å². The maximum atomic E-state index is 12.3. The predicted octanol–water partition coefficient (Wildman–Crippen LogP) is 2.06. The summed E-state index contributed by atoms with van der Waals surface area (Å²) in [7, 11) is 0. The zero-order valence-electron chi connectivity index (χ0n) is 10.7. The molecule has 4 rings (SSSR count). The Hall–Kier alpha value is -1.15. The minimum absolute atomic E-state index is 0.0949. The molecule has 2 aliphatic rings. The Balaban J connectivity index is 1.54. The molecule has 0 saturated carbocycles. The Bertz CT molecular complexity index is 684. The highest BCUT2D eigenvalue weighted by Crippen LogP contribution is 2.28. The summed E-state index contributed by atoms with van der Waals surface area (Å²) >= 11 is 2.11. The highest BCUT2D eigenvalue weighted by molar-refractivity contribution is 14.1. The summed E-state index contributed by atoms with van der Waals surface area (Å²) in [6, 6.07) is 4.95. The Morgan fingerprint density at radius 3 is 3.10 bits per heavy atom. The first kappa shape index (κ1) is 12.6. The molecule has 2 saturated heterocycles. The van der Waals surface area contributed by atoms with Crippen LogP contribution in [0.2, 0.25) is 0 Å². The van der Waals surface area contributed by atoms with Gasteiger partial charge in [-0.05, 0) is 54.0 Å². The number of nitrogens with one attached hydrogen (secondary N) is 2. The maximum Gasteiger partial charge on any atom is 0.270 e. The molecule has 2 N–H and O–H groups in total. The van der Waals surface area contributed by atoms with E-state index < -0.39 is 0 Å². The smallest absolute Gasteiger partial charge is 0.270 e. The first-order valence-electron chi connectivity index (χ1n) is 6.81. The third-order valence-electron chi connectivity index (χ3n) is 4.22. The van der Waals surface area contributed by atoms with Gasteiger partial charge in [-0.25, -0.2) is 4.98 Å². The van der Waals surface area contributed by atoms with Crippen LogP contribution in [0.1, 0.15) is 29.8 Å². The van der Waals surface area contributed by atoms with E-state index in [1.807, 2.05) is 6.07 Å². The van der Waals surface area contributed by atoms with Crippen LogP contribution in [0.3, 0.4) is 0 Å². The minimum atomic E-state index is -0.0949. The van der Waals surface area contributed by atoms with Crippen molar-refractivity contribution in [3.8, 4) is 0 Å². The summed E-state index contributed by atoms with van der Waals surface area (Å²) in [6.07, 6.45) is 5.03. The number of rotatable bonds is 2. The van der Waals surface area contributed by atoms with Gasteiger partial charge in [-0.3, -0.25) is 4.79 Å². The number of hydrogen-bond acceptors (Lipinski definition) is 4. The molecule has 104 valence electrons. The van der Waals surface area contributed by atoms with E-state index in [0.29, 0.717) is 23.4 Å². The van der Waals surface area contributed by atoms with Gasteiger partial charge < -0.3 is 15.1 Å². The summed E-state index contributed by atoms with van der Waals surface area (Å²) in [5.74, 6) is -0.0949. The normalized spacial score (nSPS) is 28.1. The number of hydrogen-bond donors (Lipinski definition) is 2. The standard InChI is InChI=1S/C14H14IN3O2/c15-13-4-7-3-11(16-6-12(7)20-13)14(19)18-10-5-8-1-2-9(10)17-8/h3-4,6,8-10,17H,1-2,5H2,(H,18,19)/t8-,9+,10-/m1/s1. The van der Waals surface area contributed by atoms with Crippen molar-refractivity contribution in [2.45, 2.75) is 37.4 Å². The number of carbonyl (C=O) groups is 1. The number of halogens is 1. The number of carbonyl (C=O) groups excluding carboxylic acids is 1. The molecule has 20 heavy (non-hydrogen) atoms. The fraction of sp³-hybridized carbons (Fsp3) is 0.429. The zero-order valence-corrected chi connectivity index (χ0v) is 12.9. The van der Waals surface area contributed by atoms with Crippen molar-refractivity contribution in [3.05, 3.63) is 27.8 Å². The molecule has 6 heteroatoms. The molecule has 0 radical (unpaired) electrons. The molecule has 1 amide bonds. The molecule has 2 aromatic rings. The monoisotopic (exact) mass is 383 g/mol. The average Bonchev–Trinajstić information content (AvgIpc) is 3.10. The van der Waals surface area contributed by atoms with Crippen LogP contribution in [-0.4, -0.2) is 29.0 Å². The number of fused-ring (bicyclic) bond motifs is 3. The van der Waals surface area contributed by atoms with Crippen LogP contribution < -0.4 is 10.6 Å². The summed E-state index contributed by atoms with van der Waals surface area (Å²) < 4.78 is 6.26. The number of furan rings is 1. The zero-order chi connectivity index (χ0) is 13.7. The van der Waals surface area contributed by atoms with Crippen molar-refractivity contribution in [1.29, 1.82) is 0 Å². The second-order valence-corrected chi connectivity index (χ2v) is 6.58. The Morgan fingerprint density at radius 1 is 1.45 bits per heavy atom. The molecule has 2 aliphatic heterocycles. The molecule has 2 fully saturated rings. The Morgan fingerprint density at radius 2 is 2.35 bits per heavy atom. The molecule has 0 aliphatic carbocycles. The van der Waals surface area contributed by atoms with E-state index >= 15 is 0 Å². The van der Waals surface area contributed by atoms with Gasteiger partial charge in [0.1, 0.15) is 5.69 Å². The molecule has 4 heterocycles. The highest BCUT2D eigenvalue weighted by atomic mass is 127. The van der Waals surface area contributed by atoms with Crippen molar-refractivity contribution in [2.24, 2.45) is 0 Å². The molecule has 3 atom stereocenters. The summed E-state index contributed by atoms with van der Waals surface area (Å²) in [5.41, 5.74) is 1.17. The molecule has 5 nitrogen and oxygen atoms in total. The predicted molar refractivity (Wildman–Crippen MR) is 82.5 cm³/mol. The number of nitrogens with zero attached hydrogens (tertiary/aromatic N) is 1. The first-order chi connectivity index (χ1) is 9.69. The third kappa shape index (κ3) is 2.10. The van der Waals surface area contributed by atoms with Crippen LogP contribution in [0.4, 0.5) is 0 Å². The molecule has 2 aromatic heterocycles. The van der Waals surface area contributed by atoms with Crippen LogP contribution in [0.25, 0.3) is 11.0 Å². The second-order valence-electron chi connectivity index (χ2n) is 5.52. The van der Waals surface area contributed by atoms with Gasteiger partial charge in [0.25, 0.3) is 5.91 Å². The topological polar surface area (TPSA) is 67.2 Å². The molecule has 2 bridgehead atoms. The Kier molecular flexibility index (Phi) is 2.95. The first-order valence-corrected chi connectivity index (χ1v) is 7.89. The number of amides is 1. The van der Waals surface area contributed by atoms with Crippen molar-refractivity contribution in [2.75, 3.05) is 0 Å². The third-order valence-corrected chi connectivity index (χ3v) is 4.75. The van der Waals surface area contributed by atoms with Crippen molar-refractivity contribution in [1.82, 2.24) is 15.6 Å². The largest absolute Gasteiger partial charge is 0.449 e. The van der Waals surface area contributed by atoms with Gasteiger partial charge in [0.15, 0.2) is 9.35 Å². The summed E-state index contributed by atoms with van der Waals surface area (Å²) in [4.78, 5) is 16.5. The molecule has 0 aromatic carbocycles. The maximum absolute atomic E-state index is 12.3. The van der Waals surface area contributed by atoms with E-state index in [1.165, 1.54) is 6.42 Å². The lowest BCUT2D eigenvalue weighted by molar-refractivity contribution is 0.0926. The van der Waals surface area contributed by atoms with Gasteiger partial charge in [-0.15, -0.1) is 0 Å². The summed E-state index contributed by atoms with van der Waals surface area (Å²) in [6.45, 7) is 0. The molecular weight excluding hydrogens is 369 g/mol. The fourth-order valence-corrected chi connectivity index (χ4v) is 3.84. The van der Waals surface area contributed by atoms with Crippen LogP contribution >= 0.6 is 22.6 Å².